The van der Waals surface area contributed by atoms with Gasteiger partial charge in [0.05, 0.1) is 5.52 Å². The fourth-order valence-corrected chi connectivity index (χ4v) is 5.46. The third-order valence-corrected chi connectivity index (χ3v) is 7.09. The van der Waals surface area contributed by atoms with Crippen molar-refractivity contribution in [1.82, 2.24) is 4.98 Å². The third kappa shape index (κ3) is 2.46. The molecule has 0 unspecified atom stereocenters. The zero-order valence-electron chi connectivity index (χ0n) is 13.0. The molecule has 0 fully saturated rings. The van der Waals surface area contributed by atoms with Crippen molar-refractivity contribution >= 4 is 34.1 Å². The first-order chi connectivity index (χ1) is 11.8. The van der Waals surface area contributed by atoms with Crippen molar-refractivity contribution in [2.45, 2.75) is 0 Å². The molecule has 24 heavy (non-hydrogen) atoms. The molecule has 4 rings (SSSR count). The van der Waals surface area contributed by atoms with Gasteiger partial charge in [0.25, 0.3) is 0 Å². The van der Waals surface area contributed by atoms with Crippen LogP contribution in [0.2, 0.25) is 0 Å². The number of benzene rings is 3. The molecule has 3 heteroatoms. The molecule has 0 radical (unpaired) electrons. The Balaban J connectivity index is 2.00. The average molecular weight is 329 g/mol. The third-order valence-electron chi connectivity index (χ3n) is 4.15. The van der Waals surface area contributed by atoms with Gasteiger partial charge in [0.15, 0.2) is 7.14 Å². The number of nitrogens with zero attached hydrogens (tertiary/aromatic N) is 1. The molecule has 1 aromatic heterocycles. The van der Waals surface area contributed by atoms with Crippen LogP contribution in [0.1, 0.15) is 0 Å². The lowest BCUT2D eigenvalue weighted by molar-refractivity contribution is 0.592. The molecular formula is C21H16NOP. The topological polar surface area (TPSA) is 30.0 Å². The van der Waals surface area contributed by atoms with Crippen molar-refractivity contribution < 1.29 is 4.57 Å². The minimum absolute atomic E-state index is 0.624. The highest BCUT2D eigenvalue weighted by molar-refractivity contribution is 7.85. The summed E-state index contributed by atoms with van der Waals surface area (Å²) >= 11 is 0. The van der Waals surface area contributed by atoms with E-state index in [0.717, 1.165) is 21.5 Å². The summed E-state index contributed by atoms with van der Waals surface area (Å²) in [6.07, 6.45) is 0. The van der Waals surface area contributed by atoms with Crippen molar-refractivity contribution in [3.05, 3.63) is 97.1 Å². The normalized spacial score (nSPS) is 11.5. The summed E-state index contributed by atoms with van der Waals surface area (Å²) in [5.74, 6) is 0. The zero-order chi connectivity index (χ0) is 16.4. The van der Waals surface area contributed by atoms with Crippen LogP contribution < -0.4 is 16.0 Å². The predicted octanol–water partition coefficient (Wildman–Crippen LogP) is 3.87. The number of pyridine rings is 1. The Hall–Kier alpha value is -2.70. The van der Waals surface area contributed by atoms with Crippen LogP contribution in [0.15, 0.2) is 97.1 Å². The fourth-order valence-electron chi connectivity index (χ4n) is 2.92. The second-order valence-electron chi connectivity index (χ2n) is 5.64. The zero-order valence-corrected chi connectivity index (χ0v) is 13.9. The van der Waals surface area contributed by atoms with Crippen LogP contribution >= 0.6 is 7.14 Å². The molecule has 4 aromatic rings. The molecule has 3 aromatic carbocycles. The van der Waals surface area contributed by atoms with E-state index >= 15 is 0 Å². The average Bonchev–Trinajstić information content (AvgIpc) is 2.68. The SMILES string of the molecule is O=P(c1ccccc1)(c1ccccc1)c1ccc2ccccc2n1. The first-order valence-corrected chi connectivity index (χ1v) is 9.57. The van der Waals surface area contributed by atoms with Crippen molar-refractivity contribution in [2.75, 3.05) is 0 Å². The van der Waals surface area contributed by atoms with Gasteiger partial charge >= 0.3 is 0 Å². The Kier molecular flexibility index (Phi) is 3.76. The van der Waals surface area contributed by atoms with Crippen LogP contribution in [0.4, 0.5) is 0 Å². The van der Waals surface area contributed by atoms with E-state index < -0.39 is 7.14 Å². The van der Waals surface area contributed by atoms with E-state index in [1.54, 1.807) is 0 Å². The van der Waals surface area contributed by atoms with Gasteiger partial charge in [-0.05, 0) is 12.1 Å². The lowest BCUT2D eigenvalue weighted by Gasteiger charge is -2.19. The van der Waals surface area contributed by atoms with E-state index in [4.69, 9.17) is 4.98 Å². The predicted molar refractivity (Wildman–Crippen MR) is 101 cm³/mol. The molecule has 0 saturated heterocycles. The number of hydrogen-bond donors (Lipinski definition) is 0. The van der Waals surface area contributed by atoms with E-state index in [9.17, 15) is 4.57 Å². The molecule has 116 valence electrons. The van der Waals surface area contributed by atoms with Crippen LogP contribution in [0, 0.1) is 0 Å². The van der Waals surface area contributed by atoms with Gasteiger partial charge in [-0.2, -0.15) is 0 Å². The summed E-state index contributed by atoms with van der Waals surface area (Å²) in [5, 5.41) is 2.66. The highest BCUT2D eigenvalue weighted by Crippen LogP contribution is 2.41. The first-order valence-electron chi connectivity index (χ1n) is 7.86. The second-order valence-corrected chi connectivity index (χ2v) is 8.35. The summed E-state index contributed by atoms with van der Waals surface area (Å²) in [6, 6.07) is 31.0. The molecule has 0 bridgehead atoms. The maximum Gasteiger partial charge on any atom is 0.188 e. The largest absolute Gasteiger partial charge is 0.307 e. The number of hydrogen-bond acceptors (Lipinski definition) is 2. The number of aromatic nitrogens is 1. The summed E-state index contributed by atoms with van der Waals surface area (Å²) in [5.41, 5.74) is 1.49. The standard InChI is InChI=1S/C21H16NOP/c23-24(18-10-3-1-4-11-18,19-12-5-2-6-13-19)21-16-15-17-9-7-8-14-20(17)22-21/h1-16H. The molecule has 0 saturated carbocycles. The van der Waals surface area contributed by atoms with Crippen LogP contribution in [-0.2, 0) is 4.57 Å². The molecule has 0 aliphatic rings. The maximum absolute atomic E-state index is 14.2. The van der Waals surface area contributed by atoms with E-state index in [2.05, 4.69) is 0 Å². The highest BCUT2D eigenvalue weighted by Gasteiger charge is 2.31. The Morgan fingerprint density at radius 1 is 0.583 bits per heavy atom. The van der Waals surface area contributed by atoms with Crippen molar-refractivity contribution in [2.24, 2.45) is 0 Å². The molecule has 0 amide bonds. The Morgan fingerprint density at radius 2 is 1.12 bits per heavy atom. The van der Waals surface area contributed by atoms with E-state index in [1.165, 1.54) is 0 Å². The van der Waals surface area contributed by atoms with Gasteiger partial charge in [0.2, 0.25) is 0 Å². The summed E-state index contributed by atoms with van der Waals surface area (Å²) in [7, 11) is -2.99. The molecule has 1 heterocycles. The van der Waals surface area contributed by atoms with Gasteiger partial charge in [-0.3, -0.25) is 0 Å². The summed E-state index contributed by atoms with van der Waals surface area (Å²) in [4.78, 5) is 4.74. The smallest absolute Gasteiger partial charge is 0.188 e. The van der Waals surface area contributed by atoms with E-state index in [0.29, 0.717) is 5.44 Å². The van der Waals surface area contributed by atoms with Gasteiger partial charge in [0.1, 0.15) is 5.44 Å². The quantitative estimate of drug-likeness (QED) is 0.534. The summed E-state index contributed by atoms with van der Waals surface area (Å²) < 4.78 is 14.2. The molecule has 0 spiro atoms. The van der Waals surface area contributed by atoms with Gasteiger partial charge in [0, 0.05) is 16.0 Å². The number of rotatable bonds is 3. The summed E-state index contributed by atoms with van der Waals surface area (Å²) in [6.45, 7) is 0. The lowest BCUT2D eigenvalue weighted by atomic mass is 10.2. The maximum atomic E-state index is 14.2. The Labute approximate surface area is 141 Å². The Bertz CT molecular complexity index is 986. The van der Waals surface area contributed by atoms with Crippen LogP contribution in [0.5, 0.6) is 0 Å². The van der Waals surface area contributed by atoms with Crippen molar-refractivity contribution in [3.63, 3.8) is 0 Å². The number of fused-ring (bicyclic) bond motifs is 1. The highest BCUT2D eigenvalue weighted by atomic mass is 31.2. The molecule has 0 atom stereocenters. The van der Waals surface area contributed by atoms with Crippen LogP contribution in [0.3, 0.4) is 0 Å². The van der Waals surface area contributed by atoms with Gasteiger partial charge < -0.3 is 4.57 Å². The monoisotopic (exact) mass is 329 g/mol. The van der Waals surface area contributed by atoms with Crippen LogP contribution in [0.25, 0.3) is 10.9 Å². The molecule has 2 nitrogen and oxygen atoms in total. The fraction of sp³-hybridized carbons (Fsp3) is 0. The minimum Gasteiger partial charge on any atom is -0.307 e. The van der Waals surface area contributed by atoms with Crippen LogP contribution in [-0.4, -0.2) is 4.98 Å². The molecule has 0 aliphatic heterocycles. The Morgan fingerprint density at radius 3 is 1.75 bits per heavy atom. The van der Waals surface area contributed by atoms with E-state index in [1.807, 2.05) is 97.1 Å². The molecule has 0 N–H and O–H groups in total. The second kappa shape index (κ2) is 6.07. The number of para-hydroxylation sites is 1. The van der Waals surface area contributed by atoms with Gasteiger partial charge in [-0.1, -0.05) is 84.9 Å². The van der Waals surface area contributed by atoms with Crippen molar-refractivity contribution in [3.8, 4) is 0 Å². The van der Waals surface area contributed by atoms with Crippen molar-refractivity contribution in [1.29, 1.82) is 0 Å². The first kappa shape index (κ1) is 14.9. The molecule has 0 aliphatic carbocycles. The van der Waals surface area contributed by atoms with E-state index in [-0.39, 0.29) is 0 Å². The molecular weight excluding hydrogens is 313 g/mol. The van der Waals surface area contributed by atoms with Gasteiger partial charge in [-0.15, -0.1) is 0 Å². The minimum atomic E-state index is -2.99. The van der Waals surface area contributed by atoms with Gasteiger partial charge in [-0.25, -0.2) is 4.98 Å². The lowest BCUT2D eigenvalue weighted by Crippen LogP contribution is -2.26.